The normalized spacial score (nSPS) is 10.2. The molecule has 0 radical (unpaired) electrons. The first-order valence-electron chi connectivity index (χ1n) is 5.67. The zero-order chi connectivity index (χ0) is 13.8. The maximum absolute atomic E-state index is 11.8. The summed E-state index contributed by atoms with van der Waals surface area (Å²) in [4.78, 5) is 27.4. The molecule has 2 rings (SSSR count). The van der Waals surface area contributed by atoms with E-state index >= 15 is 0 Å². The Morgan fingerprint density at radius 3 is 2.84 bits per heavy atom. The molecule has 1 amide bonds. The lowest BCUT2D eigenvalue weighted by Crippen LogP contribution is -2.28. The second-order valence-corrected chi connectivity index (χ2v) is 4.04. The molecular weight excluding hydrogens is 246 g/mol. The second kappa shape index (κ2) is 5.34. The molecule has 0 fully saturated rings. The lowest BCUT2D eigenvalue weighted by molar-refractivity contribution is -0.116. The topological polar surface area (TPSA) is 84.2 Å². The van der Waals surface area contributed by atoms with Gasteiger partial charge in [0.1, 0.15) is 18.1 Å². The number of aryl methyl sites for hydroxylation is 1. The quantitative estimate of drug-likeness (QED) is 0.857. The number of anilines is 1. The molecule has 2 aromatic rings. The number of pyridine rings is 2. The molecule has 0 spiro atoms. The molecular formula is C13H13N3O3. The molecule has 0 unspecified atom stereocenters. The lowest BCUT2D eigenvalue weighted by Gasteiger charge is -2.10. The van der Waals surface area contributed by atoms with Gasteiger partial charge in [0.15, 0.2) is 0 Å². The van der Waals surface area contributed by atoms with Gasteiger partial charge in [-0.25, -0.2) is 4.98 Å². The minimum atomic E-state index is -0.423. The molecule has 0 aliphatic carbocycles. The van der Waals surface area contributed by atoms with Gasteiger partial charge in [-0.1, -0.05) is 6.07 Å². The molecule has 0 aromatic carbocycles. The van der Waals surface area contributed by atoms with Crippen LogP contribution in [0.25, 0.3) is 0 Å². The van der Waals surface area contributed by atoms with Crippen molar-refractivity contribution in [3.63, 3.8) is 0 Å². The first-order chi connectivity index (χ1) is 9.06. The van der Waals surface area contributed by atoms with E-state index < -0.39 is 5.56 Å². The minimum absolute atomic E-state index is 0.108. The molecule has 6 nitrogen and oxygen atoms in total. The minimum Gasteiger partial charge on any atom is -0.508 e. The van der Waals surface area contributed by atoms with Crippen LogP contribution in [0.5, 0.6) is 5.75 Å². The Kier molecular flexibility index (Phi) is 3.61. The Bertz CT molecular complexity index is 650. The van der Waals surface area contributed by atoms with Crippen molar-refractivity contribution in [1.82, 2.24) is 9.55 Å². The summed E-state index contributed by atoms with van der Waals surface area (Å²) in [6.45, 7) is 1.52. The molecule has 19 heavy (non-hydrogen) atoms. The molecule has 0 saturated heterocycles. The molecule has 0 saturated carbocycles. The second-order valence-electron chi connectivity index (χ2n) is 4.04. The van der Waals surface area contributed by atoms with Gasteiger partial charge in [0, 0.05) is 18.0 Å². The Hall–Kier alpha value is -2.63. The van der Waals surface area contributed by atoms with E-state index in [4.69, 9.17) is 0 Å². The zero-order valence-electron chi connectivity index (χ0n) is 10.3. The van der Waals surface area contributed by atoms with Crippen molar-refractivity contribution in [2.24, 2.45) is 0 Å². The van der Waals surface area contributed by atoms with Crippen LogP contribution in [0.2, 0.25) is 0 Å². The van der Waals surface area contributed by atoms with Crippen molar-refractivity contribution in [2.75, 3.05) is 5.32 Å². The molecule has 2 heterocycles. The summed E-state index contributed by atoms with van der Waals surface area (Å²) < 4.78 is 1.28. The van der Waals surface area contributed by atoms with E-state index in [1.165, 1.54) is 10.6 Å². The molecule has 0 atom stereocenters. The maximum atomic E-state index is 11.8. The highest BCUT2D eigenvalue weighted by Gasteiger charge is 2.08. The molecule has 98 valence electrons. The van der Waals surface area contributed by atoms with Crippen LogP contribution in [-0.2, 0) is 11.3 Å². The number of hydrogen-bond donors (Lipinski definition) is 2. The zero-order valence-corrected chi connectivity index (χ0v) is 10.3. The van der Waals surface area contributed by atoms with Gasteiger partial charge in [-0.3, -0.25) is 9.59 Å². The number of aromatic hydroxyl groups is 1. The van der Waals surface area contributed by atoms with Gasteiger partial charge in [0.05, 0.1) is 0 Å². The van der Waals surface area contributed by atoms with Crippen molar-refractivity contribution in [1.29, 1.82) is 0 Å². The number of aromatic nitrogens is 2. The Morgan fingerprint density at radius 1 is 1.42 bits per heavy atom. The third-order valence-electron chi connectivity index (χ3n) is 2.55. The Morgan fingerprint density at radius 2 is 2.21 bits per heavy atom. The van der Waals surface area contributed by atoms with Gasteiger partial charge in [0.25, 0.3) is 5.56 Å². The number of amides is 1. The third kappa shape index (κ3) is 3.19. The molecule has 2 N–H and O–H groups in total. The summed E-state index contributed by atoms with van der Waals surface area (Å²) in [7, 11) is 0. The van der Waals surface area contributed by atoms with Gasteiger partial charge in [-0.15, -0.1) is 0 Å². The average molecular weight is 259 g/mol. The standard InChI is InChI=1S/C13H13N3O3/c1-9-6-10(17)7-13(19)16(9)8-12(18)15-11-4-2-3-5-14-11/h2-7,17H,8H2,1H3,(H,14,15,18). The number of hydrogen-bond acceptors (Lipinski definition) is 4. The van der Waals surface area contributed by atoms with Crippen molar-refractivity contribution >= 4 is 11.7 Å². The van der Waals surface area contributed by atoms with Gasteiger partial charge in [0.2, 0.25) is 5.91 Å². The summed E-state index contributed by atoms with van der Waals surface area (Å²) in [6, 6.07) is 7.64. The van der Waals surface area contributed by atoms with Crippen molar-refractivity contribution < 1.29 is 9.90 Å². The first kappa shape index (κ1) is 12.8. The maximum Gasteiger partial charge on any atom is 0.254 e. The van der Waals surface area contributed by atoms with E-state index in [0.29, 0.717) is 11.5 Å². The number of nitrogens with one attached hydrogen (secondary N) is 1. The molecule has 0 aliphatic rings. The van der Waals surface area contributed by atoms with E-state index in [-0.39, 0.29) is 18.2 Å². The fourth-order valence-corrected chi connectivity index (χ4v) is 1.68. The van der Waals surface area contributed by atoms with Crippen LogP contribution in [-0.4, -0.2) is 20.6 Å². The number of carbonyl (C=O) groups is 1. The van der Waals surface area contributed by atoms with Crippen molar-refractivity contribution in [3.05, 3.63) is 52.6 Å². The fourth-order valence-electron chi connectivity index (χ4n) is 1.68. The van der Waals surface area contributed by atoms with E-state index in [0.717, 1.165) is 6.07 Å². The van der Waals surface area contributed by atoms with Crippen molar-refractivity contribution in [2.45, 2.75) is 13.5 Å². The van der Waals surface area contributed by atoms with Gasteiger partial charge in [-0.2, -0.15) is 0 Å². The van der Waals surface area contributed by atoms with Gasteiger partial charge in [-0.05, 0) is 25.1 Å². The number of nitrogens with zero attached hydrogens (tertiary/aromatic N) is 2. The largest absolute Gasteiger partial charge is 0.508 e. The monoisotopic (exact) mass is 259 g/mol. The van der Waals surface area contributed by atoms with Gasteiger partial charge >= 0.3 is 0 Å². The highest BCUT2D eigenvalue weighted by atomic mass is 16.3. The smallest absolute Gasteiger partial charge is 0.254 e. The van der Waals surface area contributed by atoms with E-state index in [9.17, 15) is 14.7 Å². The highest BCUT2D eigenvalue weighted by molar-refractivity contribution is 5.89. The first-order valence-corrected chi connectivity index (χ1v) is 5.67. The third-order valence-corrected chi connectivity index (χ3v) is 2.55. The van der Waals surface area contributed by atoms with Crippen molar-refractivity contribution in [3.8, 4) is 5.75 Å². The van der Waals surface area contributed by atoms with Crippen LogP contribution in [0, 0.1) is 6.92 Å². The van der Waals surface area contributed by atoms with E-state index in [1.807, 2.05) is 0 Å². The lowest BCUT2D eigenvalue weighted by atomic mass is 10.3. The fraction of sp³-hybridized carbons (Fsp3) is 0.154. The van der Waals surface area contributed by atoms with Crippen LogP contribution >= 0.6 is 0 Å². The van der Waals surface area contributed by atoms with Crippen LogP contribution in [0.1, 0.15) is 5.69 Å². The van der Waals surface area contributed by atoms with E-state index in [2.05, 4.69) is 10.3 Å². The van der Waals surface area contributed by atoms with Crippen LogP contribution in [0.4, 0.5) is 5.82 Å². The molecule has 2 aromatic heterocycles. The summed E-state index contributed by atoms with van der Waals surface area (Å²) in [5, 5.41) is 11.9. The Labute approximate surface area is 109 Å². The summed E-state index contributed by atoms with van der Waals surface area (Å²) in [6.07, 6.45) is 1.56. The number of rotatable bonds is 3. The SMILES string of the molecule is Cc1cc(O)cc(=O)n1CC(=O)Nc1ccccn1. The average Bonchev–Trinajstić information content (AvgIpc) is 2.35. The summed E-state index contributed by atoms with van der Waals surface area (Å²) in [5.41, 5.74) is 0.0924. The summed E-state index contributed by atoms with van der Waals surface area (Å²) >= 11 is 0. The van der Waals surface area contributed by atoms with E-state index in [1.54, 1.807) is 31.3 Å². The predicted octanol–water partition coefficient (Wildman–Crippen LogP) is 0.896. The van der Waals surface area contributed by atoms with Crippen LogP contribution < -0.4 is 10.9 Å². The van der Waals surface area contributed by atoms with Crippen LogP contribution in [0.15, 0.2) is 41.3 Å². The summed E-state index contributed by atoms with van der Waals surface area (Å²) in [5.74, 6) is -0.0320. The highest BCUT2D eigenvalue weighted by Crippen LogP contribution is 2.07. The predicted molar refractivity (Wildman–Crippen MR) is 70.0 cm³/mol. The number of carbonyl (C=O) groups excluding carboxylic acids is 1. The molecule has 0 bridgehead atoms. The Balaban J connectivity index is 2.14. The van der Waals surface area contributed by atoms with Crippen LogP contribution in [0.3, 0.4) is 0 Å². The molecule has 0 aliphatic heterocycles. The van der Waals surface area contributed by atoms with Gasteiger partial charge < -0.3 is 15.0 Å². The molecule has 6 heteroatoms.